The van der Waals surface area contributed by atoms with Crippen LogP contribution in [0, 0.1) is 5.92 Å². The Balaban J connectivity index is 1.49. The number of hydrogen-bond donors (Lipinski definition) is 2. The van der Waals surface area contributed by atoms with Gasteiger partial charge in [0, 0.05) is 19.4 Å². The van der Waals surface area contributed by atoms with Crippen molar-refractivity contribution in [1.29, 1.82) is 0 Å². The van der Waals surface area contributed by atoms with E-state index in [1.165, 1.54) is 10.9 Å². The normalized spacial score (nSPS) is 19.2. The van der Waals surface area contributed by atoms with Gasteiger partial charge in [0.25, 0.3) is 0 Å². The first-order valence-electron chi connectivity index (χ1n) is 7.92. The molecule has 1 aliphatic rings. The Kier molecular flexibility index (Phi) is 4.73. The average Bonchev–Trinajstić information content (AvgIpc) is 3.14. The van der Waals surface area contributed by atoms with E-state index in [1.807, 2.05) is 30.3 Å². The SMILES string of the molecule is O=C(NCC[C@H]1CCC(F)(F)C1)Nc1cnnn1-c1ccccc1. The van der Waals surface area contributed by atoms with Gasteiger partial charge in [0.2, 0.25) is 5.92 Å². The number of alkyl halides is 2. The topological polar surface area (TPSA) is 71.8 Å². The second kappa shape index (κ2) is 6.94. The summed E-state index contributed by atoms with van der Waals surface area (Å²) >= 11 is 0. The van der Waals surface area contributed by atoms with Gasteiger partial charge in [0.15, 0.2) is 5.82 Å². The second-order valence-corrected chi connectivity index (χ2v) is 6.00. The molecule has 8 heteroatoms. The highest BCUT2D eigenvalue weighted by atomic mass is 19.3. The van der Waals surface area contributed by atoms with E-state index in [1.54, 1.807) is 0 Å². The van der Waals surface area contributed by atoms with Crippen LogP contribution >= 0.6 is 0 Å². The molecule has 0 unspecified atom stereocenters. The number of carbonyl (C=O) groups excluding carboxylic acids is 1. The van der Waals surface area contributed by atoms with Crippen molar-refractivity contribution in [3.8, 4) is 5.69 Å². The Labute approximate surface area is 138 Å². The quantitative estimate of drug-likeness (QED) is 0.881. The largest absolute Gasteiger partial charge is 0.338 e. The maximum Gasteiger partial charge on any atom is 0.320 e. The van der Waals surface area contributed by atoms with Crippen molar-refractivity contribution in [1.82, 2.24) is 20.3 Å². The van der Waals surface area contributed by atoms with Crippen molar-refractivity contribution in [2.75, 3.05) is 11.9 Å². The van der Waals surface area contributed by atoms with Crippen molar-refractivity contribution >= 4 is 11.8 Å². The Hall–Kier alpha value is -2.51. The van der Waals surface area contributed by atoms with E-state index in [0.29, 0.717) is 25.2 Å². The van der Waals surface area contributed by atoms with Crippen LogP contribution in [0.5, 0.6) is 0 Å². The number of urea groups is 1. The zero-order valence-electron chi connectivity index (χ0n) is 13.1. The molecule has 0 saturated heterocycles. The minimum atomic E-state index is -2.54. The average molecular weight is 335 g/mol. The van der Waals surface area contributed by atoms with Crippen LogP contribution in [-0.4, -0.2) is 33.5 Å². The second-order valence-electron chi connectivity index (χ2n) is 6.00. The van der Waals surface area contributed by atoms with Crippen LogP contribution in [0.15, 0.2) is 36.5 Å². The van der Waals surface area contributed by atoms with Crippen LogP contribution in [0.1, 0.15) is 25.7 Å². The summed E-state index contributed by atoms with van der Waals surface area (Å²) in [6.45, 7) is 0.361. The summed E-state index contributed by atoms with van der Waals surface area (Å²) in [7, 11) is 0. The van der Waals surface area contributed by atoms with Gasteiger partial charge in [0.1, 0.15) is 0 Å². The molecule has 24 heavy (non-hydrogen) atoms. The Morgan fingerprint density at radius 3 is 2.83 bits per heavy atom. The summed E-state index contributed by atoms with van der Waals surface area (Å²) in [5.74, 6) is -2.14. The lowest BCUT2D eigenvalue weighted by Crippen LogP contribution is -2.31. The molecule has 2 N–H and O–H groups in total. The monoisotopic (exact) mass is 335 g/mol. The Bertz CT molecular complexity index is 689. The number of benzene rings is 1. The maximum atomic E-state index is 13.1. The van der Waals surface area contributed by atoms with Gasteiger partial charge >= 0.3 is 6.03 Å². The summed E-state index contributed by atoms with van der Waals surface area (Å²) in [4.78, 5) is 12.0. The van der Waals surface area contributed by atoms with E-state index in [-0.39, 0.29) is 18.8 Å². The standard InChI is InChI=1S/C16H19F2N5O/c17-16(18)8-6-12(10-16)7-9-19-15(24)21-14-11-20-22-23(14)13-4-2-1-3-5-13/h1-5,11-12H,6-10H2,(H2,19,21,24)/t12-/m1/s1. The number of aromatic nitrogens is 3. The van der Waals surface area contributed by atoms with Gasteiger partial charge in [-0.15, -0.1) is 5.10 Å². The fraction of sp³-hybridized carbons (Fsp3) is 0.438. The lowest BCUT2D eigenvalue weighted by atomic mass is 10.0. The van der Waals surface area contributed by atoms with E-state index in [4.69, 9.17) is 0 Å². The molecule has 1 aliphatic carbocycles. The molecule has 1 saturated carbocycles. The highest BCUT2D eigenvalue weighted by Crippen LogP contribution is 2.40. The van der Waals surface area contributed by atoms with E-state index < -0.39 is 12.0 Å². The molecule has 0 bridgehead atoms. The summed E-state index contributed by atoms with van der Waals surface area (Å²) < 4.78 is 27.8. The zero-order chi connectivity index (χ0) is 17.0. The number of amides is 2. The first-order chi connectivity index (χ1) is 11.5. The number of carbonyl (C=O) groups is 1. The summed E-state index contributed by atoms with van der Waals surface area (Å²) in [5, 5.41) is 13.1. The molecular formula is C16H19F2N5O. The molecule has 128 valence electrons. The van der Waals surface area contributed by atoms with Crippen LogP contribution in [-0.2, 0) is 0 Å². The molecular weight excluding hydrogens is 316 g/mol. The number of para-hydroxylation sites is 1. The molecule has 1 heterocycles. The number of halogens is 2. The first kappa shape index (κ1) is 16.4. The van der Waals surface area contributed by atoms with Crippen LogP contribution in [0.2, 0.25) is 0 Å². The highest BCUT2D eigenvalue weighted by molar-refractivity contribution is 5.88. The Morgan fingerprint density at radius 2 is 2.12 bits per heavy atom. The lowest BCUT2D eigenvalue weighted by Gasteiger charge is -2.12. The number of nitrogens with one attached hydrogen (secondary N) is 2. The third kappa shape index (κ3) is 4.06. The van der Waals surface area contributed by atoms with Gasteiger partial charge in [-0.2, -0.15) is 4.68 Å². The molecule has 3 rings (SSSR count). The first-order valence-corrected chi connectivity index (χ1v) is 7.92. The van der Waals surface area contributed by atoms with E-state index >= 15 is 0 Å². The molecule has 1 atom stereocenters. The predicted molar refractivity (Wildman–Crippen MR) is 85.3 cm³/mol. The molecule has 2 aromatic rings. The molecule has 2 amide bonds. The number of hydrogen-bond acceptors (Lipinski definition) is 3. The van der Waals surface area contributed by atoms with E-state index in [0.717, 1.165) is 5.69 Å². The van der Waals surface area contributed by atoms with Gasteiger partial charge in [0.05, 0.1) is 11.9 Å². The zero-order valence-corrected chi connectivity index (χ0v) is 13.1. The van der Waals surface area contributed by atoms with E-state index in [9.17, 15) is 13.6 Å². The van der Waals surface area contributed by atoms with Crippen molar-refractivity contribution in [2.24, 2.45) is 5.92 Å². The van der Waals surface area contributed by atoms with Crippen LogP contribution in [0.3, 0.4) is 0 Å². The minimum Gasteiger partial charge on any atom is -0.338 e. The molecule has 0 aliphatic heterocycles. The summed E-state index contributed by atoms with van der Waals surface area (Å²) in [5.41, 5.74) is 0.776. The van der Waals surface area contributed by atoms with Crippen molar-refractivity contribution in [3.63, 3.8) is 0 Å². The number of nitrogens with zero attached hydrogens (tertiary/aromatic N) is 3. The summed E-state index contributed by atoms with van der Waals surface area (Å²) in [6, 6.07) is 8.89. The van der Waals surface area contributed by atoms with Crippen molar-refractivity contribution in [2.45, 2.75) is 31.6 Å². The van der Waals surface area contributed by atoms with Crippen molar-refractivity contribution < 1.29 is 13.6 Å². The molecule has 1 aromatic carbocycles. The van der Waals surface area contributed by atoms with Crippen LogP contribution in [0.25, 0.3) is 5.69 Å². The minimum absolute atomic E-state index is 0.0307. The van der Waals surface area contributed by atoms with Crippen molar-refractivity contribution in [3.05, 3.63) is 36.5 Å². The third-order valence-corrected chi connectivity index (χ3v) is 4.14. The van der Waals surface area contributed by atoms with Gasteiger partial charge in [-0.1, -0.05) is 23.4 Å². The van der Waals surface area contributed by atoms with Crippen LogP contribution in [0.4, 0.5) is 19.4 Å². The number of anilines is 1. The maximum absolute atomic E-state index is 13.1. The third-order valence-electron chi connectivity index (χ3n) is 4.14. The van der Waals surface area contributed by atoms with E-state index in [2.05, 4.69) is 20.9 Å². The fourth-order valence-electron chi connectivity index (χ4n) is 2.92. The van der Waals surface area contributed by atoms with Gasteiger partial charge in [-0.05, 0) is 30.9 Å². The van der Waals surface area contributed by atoms with Gasteiger partial charge in [-0.3, -0.25) is 5.32 Å². The number of rotatable bonds is 5. The fourth-order valence-corrected chi connectivity index (χ4v) is 2.92. The molecule has 6 nitrogen and oxygen atoms in total. The highest BCUT2D eigenvalue weighted by Gasteiger charge is 2.38. The smallest absolute Gasteiger partial charge is 0.320 e. The van der Waals surface area contributed by atoms with Gasteiger partial charge in [-0.25, -0.2) is 13.6 Å². The molecule has 0 spiro atoms. The molecule has 1 aromatic heterocycles. The van der Waals surface area contributed by atoms with Crippen LogP contribution < -0.4 is 10.6 Å². The predicted octanol–water partition coefficient (Wildman–Crippen LogP) is 3.21. The lowest BCUT2D eigenvalue weighted by molar-refractivity contribution is 0.00478. The molecule has 0 radical (unpaired) electrons. The Morgan fingerprint density at radius 1 is 1.33 bits per heavy atom. The summed E-state index contributed by atoms with van der Waals surface area (Å²) in [6.07, 6.45) is 2.39. The molecule has 1 fully saturated rings. The van der Waals surface area contributed by atoms with Gasteiger partial charge < -0.3 is 5.32 Å².